The van der Waals surface area contributed by atoms with Gasteiger partial charge in [0, 0.05) is 6.54 Å². The largest absolute Gasteiger partial charge is 0.497 e. The summed E-state index contributed by atoms with van der Waals surface area (Å²) in [6.07, 6.45) is 0.648. The standard InChI is InChI=1S/C22H23N3O4/c1-15-4-8-17(9-5-15)25-20(26)14-19(29-3)21(24-25)22(27)23-13-12-16-6-10-18(28-2)11-7-16/h4-11,14H,12-13H2,1-3H3,(H,23,27). The van der Waals surface area contributed by atoms with Gasteiger partial charge < -0.3 is 14.8 Å². The van der Waals surface area contributed by atoms with Crippen LogP contribution in [0.25, 0.3) is 5.69 Å². The second kappa shape index (κ2) is 9.05. The Morgan fingerprint density at radius 2 is 1.72 bits per heavy atom. The van der Waals surface area contributed by atoms with E-state index in [1.165, 1.54) is 17.9 Å². The van der Waals surface area contributed by atoms with Crippen LogP contribution in [0.4, 0.5) is 0 Å². The molecule has 1 amide bonds. The third-order valence-corrected chi connectivity index (χ3v) is 4.47. The topological polar surface area (TPSA) is 82.5 Å². The van der Waals surface area contributed by atoms with Gasteiger partial charge in [0.2, 0.25) is 0 Å². The lowest BCUT2D eigenvalue weighted by molar-refractivity contribution is 0.0943. The number of hydrogen-bond acceptors (Lipinski definition) is 5. The minimum absolute atomic E-state index is 0.0578. The molecule has 7 nitrogen and oxygen atoms in total. The average molecular weight is 393 g/mol. The molecule has 0 aliphatic carbocycles. The van der Waals surface area contributed by atoms with E-state index in [1.54, 1.807) is 19.2 Å². The van der Waals surface area contributed by atoms with Crippen molar-refractivity contribution in [2.75, 3.05) is 20.8 Å². The molecule has 0 saturated heterocycles. The minimum atomic E-state index is -0.406. The van der Waals surface area contributed by atoms with Crippen molar-refractivity contribution in [3.05, 3.63) is 81.8 Å². The van der Waals surface area contributed by atoms with E-state index in [2.05, 4.69) is 10.4 Å². The molecule has 0 unspecified atom stereocenters. The first-order valence-electron chi connectivity index (χ1n) is 9.18. The molecule has 0 aliphatic rings. The van der Waals surface area contributed by atoms with E-state index < -0.39 is 5.91 Å². The first-order valence-corrected chi connectivity index (χ1v) is 9.18. The number of methoxy groups -OCH3 is 2. The van der Waals surface area contributed by atoms with Gasteiger partial charge in [0.25, 0.3) is 11.5 Å². The van der Waals surface area contributed by atoms with Crippen molar-refractivity contribution in [3.63, 3.8) is 0 Å². The second-order valence-electron chi connectivity index (χ2n) is 6.50. The van der Waals surface area contributed by atoms with Crippen LogP contribution in [0.2, 0.25) is 0 Å². The van der Waals surface area contributed by atoms with Gasteiger partial charge in [-0.05, 0) is 43.2 Å². The fourth-order valence-electron chi connectivity index (χ4n) is 2.82. The Balaban J connectivity index is 1.76. The van der Waals surface area contributed by atoms with E-state index in [9.17, 15) is 9.59 Å². The Morgan fingerprint density at radius 3 is 2.34 bits per heavy atom. The summed E-state index contributed by atoms with van der Waals surface area (Å²) in [4.78, 5) is 25.1. The zero-order valence-electron chi connectivity index (χ0n) is 16.6. The average Bonchev–Trinajstić information content (AvgIpc) is 2.74. The number of benzene rings is 2. The zero-order chi connectivity index (χ0) is 20.8. The summed E-state index contributed by atoms with van der Waals surface area (Å²) in [5.74, 6) is 0.515. The van der Waals surface area contributed by atoms with Gasteiger partial charge >= 0.3 is 0 Å². The fraction of sp³-hybridized carbons (Fsp3) is 0.227. The molecule has 0 spiro atoms. The second-order valence-corrected chi connectivity index (χ2v) is 6.50. The van der Waals surface area contributed by atoms with Crippen molar-refractivity contribution >= 4 is 5.91 Å². The van der Waals surface area contributed by atoms with Crippen LogP contribution in [0.15, 0.2) is 59.4 Å². The molecule has 2 aromatic carbocycles. The van der Waals surface area contributed by atoms with Crippen LogP contribution in [-0.2, 0) is 6.42 Å². The van der Waals surface area contributed by atoms with Crippen LogP contribution in [0.1, 0.15) is 21.6 Å². The van der Waals surface area contributed by atoms with Gasteiger partial charge in [0.1, 0.15) is 5.75 Å². The maximum atomic E-state index is 12.7. The van der Waals surface area contributed by atoms with Crippen LogP contribution < -0.4 is 20.3 Å². The summed E-state index contributed by atoms with van der Waals surface area (Å²) in [5.41, 5.74) is 2.39. The third kappa shape index (κ3) is 4.82. The highest BCUT2D eigenvalue weighted by Crippen LogP contribution is 2.15. The van der Waals surface area contributed by atoms with Crippen molar-refractivity contribution in [1.29, 1.82) is 0 Å². The van der Waals surface area contributed by atoms with E-state index in [0.717, 1.165) is 16.9 Å². The quantitative estimate of drug-likeness (QED) is 0.667. The lowest BCUT2D eigenvalue weighted by Crippen LogP contribution is -2.31. The van der Waals surface area contributed by atoms with Crippen LogP contribution in [-0.4, -0.2) is 36.5 Å². The number of aryl methyl sites for hydroxylation is 1. The van der Waals surface area contributed by atoms with Crippen molar-refractivity contribution in [2.45, 2.75) is 13.3 Å². The molecule has 0 bridgehead atoms. The number of nitrogens with zero attached hydrogens (tertiary/aromatic N) is 2. The maximum Gasteiger partial charge on any atom is 0.275 e. The SMILES string of the molecule is COc1ccc(CCNC(=O)c2nn(-c3ccc(C)cc3)c(=O)cc2OC)cc1. The lowest BCUT2D eigenvalue weighted by atomic mass is 10.1. The van der Waals surface area contributed by atoms with E-state index in [-0.39, 0.29) is 17.0 Å². The highest BCUT2D eigenvalue weighted by atomic mass is 16.5. The Morgan fingerprint density at radius 1 is 1.03 bits per heavy atom. The van der Waals surface area contributed by atoms with Gasteiger partial charge in [-0.2, -0.15) is 9.78 Å². The number of ether oxygens (including phenoxy) is 2. The number of carbonyl (C=O) groups is 1. The van der Waals surface area contributed by atoms with E-state index >= 15 is 0 Å². The highest BCUT2D eigenvalue weighted by Gasteiger charge is 2.17. The number of amides is 1. The molecular weight excluding hydrogens is 370 g/mol. The Labute approximate surface area is 168 Å². The Kier molecular flexibility index (Phi) is 6.29. The first-order chi connectivity index (χ1) is 14.0. The van der Waals surface area contributed by atoms with Crippen LogP contribution >= 0.6 is 0 Å². The molecule has 150 valence electrons. The Bertz CT molecular complexity index is 1040. The predicted molar refractivity (Wildman–Crippen MR) is 110 cm³/mol. The number of aromatic nitrogens is 2. The minimum Gasteiger partial charge on any atom is -0.497 e. The summed E-state index contributed by atoms with van der Waals surface area (Å²) in [7, 11) is 3.02. The van der Waals surface area contributed by atoms with Crippen molar-refractivity contribution in [3.8, 4) is 17.2 Å². The smallest absolute Gasteiger partial charge is 0.275 e. The van der Waals surface area contributed by atoms with Gasteiger partial charge in [-0.15, -0.1) is 0 Å². The van der Waals surface area contributed by atoms with Crippen LogP contribution in [0.3, 0.4) is 0 Å². The number of rotatable bonds is 7. The van der Waals surface area contributed by atoms with Gasteiger partial charge in [-0.3, -0.25) is 9.59 Å². The Hall–Kier alpha value is -3.61. The predicted octanol–water partition coefficient (Wildman–Crippen LogP) is 2.53. The molecule has 3 rings (SSSR count). The maximum absolute atomic E-state index is 12.7. The molecule has 29 heavy (non-hydrogen) atoms. The molecule has 0 fully saturated rings. The first kappa shape index (κ1) is 20.1. The van der Waals surface area contributed by atoms with Crippen LogP contribution in [0, 0.1) is 6.92 Å². The molecule has 1 N–H and O–H groups in total. The third-order valence-electron chi connectivity index (χ3n) is 4.47. The zero-order valence-corrected chi connectivity index (χ0v) is 16.6. The highest BCUT2D eigenvalue weighted by molar-refractivity contribution is 5.94. The normalized spacial score (nSPS) is 10.4. The summed E-state index contributed by atoms with van der Waals surface area (Å²) < 4.78 is 11.5. The van der Waals surface area contributed by atoms with Gasteiger partial charge in [-0.25, -0.2) is 0 Å². The number of hydrogen-bond donors (Lipinski definition) is 1. The van der Waals surface area contributed by atoms with Crippen LogP contribution in [0.5, 0.6) is 11.5 Å². The monoisotopic (exact) mass is 393 g/mol. The molecule has 0 atom stereocenters. The lowest BCUT2D eigenvalue weighted by Gasteiger charge is -2.12. The van der Waals surface area contributed by atoms with E-state index in [0.29, 0.717) is 18.7 Å². The molecule has 0 aliphatic heterocycles. The van der Waals surface area contributed by atoms with E-state index in [4.69, 9.17) is 9.47 Å². The van der Waals surface area contributed by atoms with Crippen molar-refractivity contribution < 1.29 is 14.3 Å². The molecule has 0 saturated carbocycles. The number of nitrogens with one attached hydrogen (secondary N) is 1. The summed E-state index contributed by atoms with van der Waals surface area (Å²) in [5, 5.41) is 7.07. The summed E-state index contributed by atoms with van der Waals surface area (Å²) >= 11 is 0. The molecule has 1 heterocycles. The fourth-order valence-corrected chi connectivity index (χ4v) is 2.82. The molecule has 3 aromatic rings. The molecule has 1 aromatic heterocycles. The van der Waals surface area contributed by atoms with E-state index in [1.807, 2.05) is 43.3 Å². The summed E-state index contributed by atoms with van der Waals surface area (Å²) in [6.45, 7) is 2.37. The van der Waals surface area contributed by atoms with Gasteiger partial charge in [0.05, 0.1) is 26.0 Å². The molecule has 0 radical (unpaired) electrons. The number of carbonyl (C=O) groups excluding carboxylic acids is 1. The molecular formula is C22H23N3O4. The summed E-state index contributed by atoms with van der Waals surface area (Å²) in [6, 6.07) is 16.2. The van der Waals surface area contributed by atoms with Gasteiger partial charge in [-0.1, -0.05) is 29.8 Å². The van der Waals surface area contributed by atoms with Crippen molar-refractivity contribution in [2.24, 2.45) is 0 Å². The molecule has 7 heteroatoms. The van der Waals surface area contributed by atoms with Gasteiger partial charge in [0.15, 0.2) is 11.4 Å². The van der Waals surface area contributed by atoms with Crippen molar-refractivity contribution in [1.82, 2.24) is 15.1 Å².